The zero-order chi connectivity index (χ0) is 21.9. The van der Waals surface area contributed by atoms with Gasteiger partial charge < -0.3 is 4.40 Å². The fourth-order valence-corrected chi connectivity index (χ4v) is 4.39. The highest BCUT2D eigenvalue weighted by atomic mass is 14.9. The van der Waals surface area contributed by atoms with Crippen molar-refractivity contribution in [3.05, 3.63) is 65.4 Å². The van der Waals surface area contributed by atoms with Crippen LogP contribution < -0.4 is 0 Å². The Kier molecular flexibility index (Phi) is 1.56. The van der Waals surface area contributed by atoms with E-state index in [4.69, 9.17) is 8.22 Å². The first kappa shape index (κ1) is 9.27. The molecule has 0 amide bonds. The lowest BCUT2D eigenvalue weighted by atomic mass is 9.60. The molecule has 120 valence electrons. The maximum absolute atomic E-state index is 8.45. The van der Waals surface area contributed by atoms with Crippen LogP contribution in [-0.4, -0.2) is 4.40 Å². The van der Waals surface area contributed by atoms with E-state index in [0.717, 1.165) is 27.4 Å². The summed E-state index contributed by atoms with van der Waals surface area (Å²) in [6, 6.07) is 15.1. The van der Waals surface area contributed by atoms with Crippen molar-refractivity contribution >= 4 is 27.2 Å². The third kappa shape index (κ3) is 1.34. The molecule has 4 aromatic rings. The molecule has 0 radical (unpaired) electrons. The molecule has 1 aliphatic rings. The number of nitrogens with zero attached hydrogens (tertiary/aromatic N) is 1. The van der Waals surface area contributed by atoms with Crippen LogP contribution in [-0.2, 0) is 10.8 Å². The molecule has 1 heteroatoms. The van der Waals surface area contributed by atoms with Gasteiger partial charge in [0.25, 0.3) is 0 Å². The maximum atomic E-state index is 8.45. The standard InChI is InChI=1S/C23H23N/c1-14-10-11-17-21-20(14)16-9-7-6-8-15(16)18-12-13-19(24(18)21)23(4,5)22(17,2)3/h6-13H,1-5H3/i1D3,4D3. The molecule has 0 aliphatic carbocycles. The van der Waals surface area contributed by atoms with Crippen molar-refractivity contribution in [2.45, 2.75) is 45.3 Å². The molecule has 0 N–H and O–H groups in total. The summed E-state index contributed by atoms with van der Waals surface area (Å²) in [5.41, 5.74) is 1.69. The molecule has 0 spiro atoms. The van der Waals surface area contributed by atoms with Gasteiger partial charge in [-0.05, 0) is 35.5 Å². The van der Waals surface area contributed by atoms with Gasteiger partial charge in [0.2, 0.25) is 0 Å². The number of fused-ring (bicyclic) bond motifs is 3. The second-order valence-corrected chi connectivity index (χ2v) is 7.62. The molecule has 0 saturated carbocycles. The molecule has 2 aromatic carbocycles. The number of aryl methyl sites for hydroxylation is 1. The second kappa shape index (κ2) is 4.03. The highest BCUT2D eigenvalue weighted by Crippen LogP contribution is 2.51. The van der Waals surface area contributed by atoms with Gasteiger partial charge >= 0.3 is 0 Å². The summed E-state index contributed by atoms with van der Waals surface area (Å²) >= 11 is 0. The molecule has 1 aliphatic heterocycles. The Labute approximate surface area is 151 Å². The van der Waals surface area contributed by atoms with E-state index in [9.17, 15) is 0 Å². The Morgan fingerprint density at radius 3 is 2.42 bits per heavy atom. The Morgan fingerprint density at radius 1 is 0.875 bits per heavy atom. The zero-order valence-electron chi connectivity index (χ0n) is 20.1. The van der Waals surface area contributed by atoms with E-state index in [1.165, 1.54) is 0 Å². The summed E-state index contributed by atoms with van der Waals surface area (Å²) in [5.74, 6) is 0. The Morgan fingerprint density at radius 2 is 1.67 bits per heavy atom. The molecule has 5 rings (SSSR count). The summed E-state index contributed by atoms with van der Waals surface area (Å²) in [6.07, 6.45) is 0. The normalized spacial score (nSPS) is 26.8. The van der Waals surface area contributed by atoms with E-state index < -0.39 is 24.5 Å². The van der Waals surface area contributed by atoms with Crippen LogP contribution in [0.1, 0.15) is 52.7 Å². The lowest BCUT2D eigenvalue weighted by Crippen LogP contribution is -2.44. The van der Waals surface area contributed by atoms with E-state index in [-0.39, 0.29) is 0 Å². The van der Waals surface area contributed by atoms with Crippen molar-refractivity contribution in [3.63, 3.8) is 0 Å². The van der Waals surface area contributed by atoms with Gasteiger partial charge in [-0.15, -0.1) is 0 Å². The van der Waals surface area contributed by atoms with Crippen LogP contribution in [0.25, 0.3) is 27.2 Å². The average molecular weight is 319 g/mol. The van der Waals surface area contributed by atoms with Gasteiger partial charge in [0.1, 0.15) is 0 Å². The zero-order valence-corrected chi connectivity index (χ0v) is 14.1. The minimum Gasteiger partial charge on any atom is -0.312 e. The van der Waals surface area contributed by atoms with E-state index in [2.05, 4.69) is 0 Å². The number of hydrogen-bond acceptors (Lipinski definition) is 0. The fraction of sp³-hybridized carbons (Fsp3) is 0.304. The molecule has 24 heavy (non-hydrogen) atoms. The number of rotatable bonds is 0. The molecule has 0 fully saturated rings. The number of pyridine rings is 1. The summed E-state index contributed by atoms with van der Waals surface area (Å²) < 4.78 is 51.8. The minimum absolute atomic E-state index is 0.298. The van der Waals surface area contributed by atoms with Crippen molar-refractivity contribution in [1.29, 1.82) is 0 Å². The molecular formula is C23H23N. The summed E-state index contributed by atoms with van der Waals surface area (Å²) in [4.78, 5) is 0. The van der Waals surface area contributed by atoms with Crippen LogP contribution in [0.3, 0.4) is 0 Å². The largest absolute Gasteiger partial charge is 0.312 e. The number of aromatic nitrogens is 1. The predicted molar refractivity (Wildman–Crippen MR) is 103 cm³/mol. The van der Waals surface area contributed by atoms with Crippen molar-refractivity contribution in [3.8, 4) is 0 Å². The lowest BCUT2D eigenvalue weighted by Gasteiger charge is -2.46. The van der Waals surface area contributed by atoms with Crippen molar-refractivity contribution in [2.75, 3.05) is 0 Å². The quantitative estimate of drug-likeness (QED) is 0.344. The molecule has 3 heterocycles. The highest BCUT2D eigenvalue weighted by Gasteiger charge is 2.45. The number of hydrogen-bond donors (Lipinski definition) is 0. The minimum atomic E-state index is -2.28. The summed E-state index contributed by atoms with van der Waals surface area (Å²) in [6.45, 7) is 1.20. The van der Waals surface area contributed by atoms with Gasteiger partial charge in [-0.1, -0.05) is 64.0 Å². The predicted octanol–water partition coefficient (Wildman–Crippen LogP) is 6.12. The summed E-state index contributed by atoms with van der Waals surface area (Å²) in [5, 5.41) is 2.49. The average Bonchev–Trinajstić information content (AvgIpc) is 3.09. The van der Waals surface area contributed by atoms with Crippen LogP contribution in [0.15, 0.2) is 48.5 Å². The van der Waals surface area contributed by atoms with Crippen LogP contribution in [0.5, 0.6) is 0 Å². The monoisotopic (exact) mass is 319 g/mol. The Bertz CT molecular complexity index is 1360. The topological polar surface area (TPSA) is 4.41 Å². The van der Waals surface area contributed by atoms with Crippen LogP contribution in [0.2, 0.25) is 0 Å². The molecule has 0 saturated heterocycles. The van der Waals surface area contributed by atoms with E-state index in [0.29, 0.717) is 16.6 Å². The van der Waals surface area contributed by atoms with E-state index in [1.807, 2.05) is 67.6 Å². The molecular weight excluding hydrogens is 290 g/mol. The van der Waals surface area contributed by atoms with Crippen molar-refractivity contribution in [2.24, 2.45) is 0 Å². The van der Waals surface area contributed by atoms with Gasteiger partial charge in [-0.2, -0.15) is 0 Å². The third-order valence-electron chi connectivity index (χ3n) is 6.19. The molecule has 1 nitrogen and oxygen atoms in total. The van der Waals surface area contributed by atoms with Crippen LogP contribution in [0, 0.1) is 6.85 Å². The first-order valence-corrected chi connectivity index (χ1v) is 8.32. The van der Waals surface area contributed by atoms with Gasteiger partial charge in [-0.25, -0.2) is 0 Å². The Balaban J connectivity index is 2.17. The Hall–Kier alpha value is -2.28. The van der Waals surface area contributed by atoms with Crippen LogP contribution >= 0.6 is 0 Å². The number of benzene rings is 2. The van der Waals surface area contributed by atoms with Gasteiger partial charge in [-0.3, -0.25) is 0 Å². The maximum Gasteiger partial charge on any atom is 0.0577 e. The first-order chi connectivity index (χ1) is 13.8. The SMILES string of the molecule is [2H]C([2H])([2H])c1ccc2c3c1c1ccccc1c1ccc(n13)C(C)(C([2H])([2H])[2H])C2(C)C. The van der Waals surface area contributed by atoms with E-state index >= 15 is 0 Å². The van der Waals surface area contributed by atoms with Gasteiger partial charge in [0.05, 0.1) is 11.0 Å². The van der Waals surface area contributed by atoms with Gasteiger partial charge in [0.15, 0.2) is 0 Å². The first-order valence-electron chi connectivity index (χ1n) is 11.3. The molecule has 1 atom stereocenters. The van der Waals surface area contributed by atoms with Gasteiger partial charge in [0, 0.05) is 35.5 Å². The van der Waals surface area contributed by atoms with Crippen molar-refractivity contribution < 1.29 is 8.22 Å². The third-order valence-corrected chi connectivity index (χ3v) is 6.19. The molecule has 0 bridgehead atoms. The summed E-state index contributed by atoms with van der Waals surface area (Å²) in [7, 11) is 0. The lowest BCUT2D eigenvalue weighted by molar-refractivity contribution is 0.289. The smallest absolute Gasteiger partial charge is 0.0577 e. The fourth-order valence-electron chi connectivity index (χ4n) is 4.39. The highest BCUT2D eigenvalue weighted by molar-refractivity contribution is 6.15. The van der Waals surface area contributed by atoms with Crippen molar-refractivity contribution in [1.82, 2.24) is 4.40 Å². The van der Waals surface area contributed by atoms with E-state index in [1.54, 1.807) is 6.07 Å². The molecule has 1 unspecified atom stereocenters. The van der Waals surface area contributed by atoms with Crippen LogP contribution in [0.4, 0.5) is 0 Å². The molecule has 2 aromatic heterocycles. The second-order valence-electron chi connectivity index (χ2n) is 7.62.